The van der Waals surface area contributed by atoms with Gasteiger partial charge in [0.1, 0.15) is 0 Å². The summed E-state index contributed by atoms with van der Waals surface area (Å²) >= 11 is 3.52. The number of halogens is 1. The number of hydrogen-bond acceptors (Lipinski definition) is 2. The monoisotopic (exact) mass is 313 g/mol. The number of hydrogen-bond donors (Lipinski definition) is 2. The summed E-state index contributed by atoms with van der Waals surface area (Å²) in [6, 6.07) is 9.14. The van der Waals surface area contributed by atoms with Crippen LogP contribution in [0.3, 0.4) is 0 Å². The lowest BCUT2D eigenvalue weighted by Crippen LogP contribution is -2.37. The molecular formula is C15H24BrNO. The van der Waals surface area contributed by atoms with E-state index in [1.807, 2.05) is 6.07 Å². The van der Waals surface area contributed by atoms with Crippen molar-refractivity contribution in [2.45, 2.75) is 45.7 Å². The number of aliphatic hydroxyl groups is 1. The molecular weight excluding hydrogens is 290 g/mol. The molecule has 0 aliphatic rings. The van der Waals surface area contributed by atoms with E-state index >= 15 is 0 Å². The molecule has 0 fully saturated rings. The summed E-state index contributed by atoms with van der Waals surface area (Å²) in [7, 11) is 0. The second-order valence-electron chi connectivity index (χ2n) is 5.05. The molecule has 0 radical (unpaired) electrons. The van der Waals surface area contributed by atoms with E-state index < -0.39 is 0 Å². The molecule has 0 saturated heterocycles. The first-order chi connectivity index (χ1) is 8.58. The molecule has 0 saturated carbocycles. The van der Waals surface area contributed by atoms with Crippen LogP contribution in [0.15, 0.2) is 28.7 Å². The van der Waals surface area contributed by atoms with Crippen molar-refractivity contribution in [2.24, 2.45) is 5.92 Å². The molecule has 2 N–H and O–H groups in total. The average Bonchev–Trinajstić information content (AvgIpc) is 2.34. The first-order valence-corrected chi connectivity index (χ1v) is 7.50. The third-order valence-corrected chi connectivity index (χ3v) is 3.81. The smallest absolute Gasteiger partial charge is 0.0445 e. The SMILES string of the molecule is CCC(NC(CCO)C(C)C)c1cccc(Br)c1. The molecule has 0 amide bonds. The molecule has 0 bridgehead atoms. The third-order valence-electron chi connectivity index (χ3n) is 3.32. The largest absolute Gasteiger partial charge is 0.396 e. The Balaban J connectivity index is 2.77. The first-order valence-electron chi connectivity index (χ1n) is 6.70. The van der Waals surface area contributed by atoms with Gasteiger partial charge in [-0.25, -0.2) is 0 Å². The maximum atomic E-state index is 9.14. The molecule has 2 nitrogen and oxygen atoms in total. The second-order valence-corrected chi connectivity index (χ2v) is 5.96. The molecule has 1 aromatic carbocycles. The van der Waals surface area contributed by atoms with E-state index in [2.05, 4.69) is 60.2 Å². The van der Waals surface area contributed by atoms with Crippen molar-refractivity contribution < 1.29 is 5.11 Å². The van der Waals surface area contributed by atoms with Crippen molar-refractivity contribution in [1.29, 1.82) is 0 Å². The minimum atomic E-state index is 0.241. The van der Waals surface area contributed by atoms with Gasteiger partial charge in [0.05, 0.1) is 0 Å². The third kappa shape index (κ3) is 4.71. The van der Waals surface area contributed by atoms with Crippen LogP contribution in [0.1, 0.15) is 45.2 Å². The summed E-state index contributed by atoms with van der Waals surface area (Å²) in [5.41, 5.74) is 1.30. The van der Waals surface area contributed by atoms with Crippen LogP contribution in [0.25, 0.3) is 0 Å². The van der Waals surface area contributed by atoms with Crippen molar-refractivity contribution in [1.82, 2.24) is 5.32 Å². The lowest BCUT2D eigenvalue weighted by Gasteiger charge is -2.28. The predicted octanol–water partition coefficient (Wildman–Crippen LogP) is 3.90. The fourth-order valence-corrected chi connectivity index (χ4v) is 2.60. The van der Waals surface area contributed by atoms with E-state index in [9.17, 15) is 0 Å². The first kappa shape index (κ1) is 15.7. The van der Waals surface area contributed by atoms with Crippen LogP contribution in [-0.2, 0) is 0 Å². The van der Waals surface area contributed by atoms with Crippen LogP contribution in [0.2, 0.25) is 0 Å². The molecule has 0 aliphatic carbocycles. The molecule has 2 atom stereocenters. The minimum absolute atomic E-state index is 0.241. The van der Waals surface area contributed by atoms with Gasteiger partial charge in [-0.1, -0.05) is 48.8 Å². The quantitative estimate of drug-likeness (QED) is 0.800. The number of benzene rings is 1. The lowest BCUT2D eigenvalue weighted by atomic mass is 9.97. The van der Waals surface area contributed by atoms with E-state index in [4.69, 9.17) is 5.11 Å². The Bertz CT molecular complexity index is 354. The minimum Gasteiger partial charge on any atom is -0.396 e. The molecule has 102 valence electrons. The predicted molar refractivity (Wildman–Crippen MR) is 80.6 cm³/mol. The van der Waals surface area contributed by atoms with Crippen LogP contribution in [0.4, 0.5) is 0 Å². The van der Waals surface area contributed by atoms with Crippen LogP contribution >= 0.6 is 15.9 Å². The fourth-order valence-electron chi connectivity index (χ4n) is 2.18. The zero-order valence-corrected chi connectivity index (χ0v) is 13.1. The summed E-state index contributed by atoms with van der Waals surface area (Å²) in [5, 5.41) is 12.8. The van der Waals surface area contributed by atoms with E-state index in [1.165, 1.54) is 5.56 Å². The molecule has 1 rings (SSSR count). The van der Waals surface area contributed by atoms with Gasteiger partial charge in [0.25, 0.3) is 0 Å². The Hall–Kier alpha value is -0.380. The standard InChI is InChI=1S/C15H24BrNO/c1-4-14(12-6-5-7-13(16)10-12)17-15(8-9-18)11(2)3/h5-7,10-11,14-15,17-18H,4,8-9H2,1-3H3. The summed E-state index contributed by atoms with van der Waals surface area (Å²) in [5.74, 6) is 0.526. The van der Waals surface area contributed by atoms with E-state index in [0.29, 0.717) is 18.0 Å². The van der Waals surface area contributed by atoms with Gasteiger partial charge >= 0.3 is 0 Å². The lowest BCUT2D eigenvalue weighted by molar-refractivity contribution is 0.233. The molecule has 3 heteroatoms. The molecule has 18 heavy (non-hydrogen) atoms. The zero-order valence-electron chi connectivity index (χ0n) is 11.5. The van der Waals surface area contributed by atoms with Crippen LogP contribution < -0.4 is 5.32 Å². The van der Waals surface area contributed by atoms with Gasteiger partial charge in [0, 0.05) is 23.2 Å². The van der Waals surface area contributed by atoms with Gasteiger partial charge in [-0.05, 0) is 36.5 Å². The van der Waals surface area contributed by atoms with E-state index in [0.717, 1.165) is 17.3 Å². The van der Waals surface area contributed by atoms with Gasteiger partial charge in [0.2, 0.25) is 0 Å². The van der Waals surface area contributed by atoms with Crippen molar-refractivity contribution in [3.63, 3.8) is 0 Å². The summed E-state index contributed by atoms with van der Waals surface area (Å²) < 4.78 is 1.11. The van der Waals surface area contributed by atoms with Gasteiger partial charge in [-0.2, -0.15) is 0 Å². The highest BCUT2D eigenvalue weighted by Gasteiger charge is 2.18. The number of aliphatic hydroxyl groups excluding tert-OH is 1. The van der Waals surface area contributed by atoms with Crippen molar-refractivity contribution >= 4 is 15.9 Å². The summed E-state index contributed by atoms with van der Waals surface area (Å²) in [4.78, 5) is 0. The molecule has 0 heterocycles. The van der Waals surface area contributed by atoms with Gasteiger partial charge in [0.15, 0.2) is 0 Å². The van der Waals surface area contributed by atoms with Crippen LogP contribution in [-0.4, -0.2) is 17.8 Å². The summed E-state index contributed by atoms with van der Waals surface area (Å²) in [6.45, 7) is 6.82. The normalized spacial score (nSPS) is 14.8. The fraction of sp³-hybridized carbons (Fsp3) is 0.600. The zero-order chi connectivity index (χ0) is 13.5. The maximum absolute atomic E-state index is 9.14. The van der Waals surface area contributed by atoms with Gasteiger partial charge < -0.3 is 10.4 Å². The number of rotatable bonds is 7. The van der Waals surface area contributed by atoms with Gasteiger partial charge in [-0.15, -0.1) is 0 Å². The highest BCUT2D eigenvalue weighted by Crippen LogP contribution is 2.22. The number of nitrogens with one attached hydrogen (secondary N) is 1. The molecule has 0 spiro atoms. The maximum Gasteiger partial charge on any atom is 0.0445 e. The van der Waals surface area contributed by atoms with Crippen molar-refractivity contribution in [3.8, 4) is 0 Å². The Morgan fingerprint density at radius 1 is 1.33 bits per heavy atom. The van der Waals surface area contributed by atoms with Crippen molar-refractivity contribution in [3.05, 3.63) is 34.3 Å². The summed E-state index contributed by atoms with van der Waals surface area (Å²) in [6.07, 6.45) is 1.85. The van der Waals surface area contributed by atoms with E-state index in [1.54, 1.807) is 0 Å². The Morgan fingerprint density at radius 2 is 2.06 bits per heavy atom. The average molecular weight is 314 g/mol. The second kappa shape index (κ2) is 7.93. The van der Waals surface area contributed by atoms with Gasteiger partial charge in [-0.3, -0.25) is 0 Å². The highest BCUT2D eigenvalue weighted by molar-refractivity contribution is 9.10. The van der Waals surface area contributed by atoms with E-state index in [-0.39, 0.29) is 6.61 Å². The Labute approximate surface area is 119 Å². The molecule has 2 unspecified atom stereocenters. The molecule has 0 aromatic heterocycles. The molecule has 1 aromatic rings. The van der Waals surface area contributed by atoms with Crippen LogP contribution in [0.5, 0.6) is 0 Å². The van der Waals surface area contributed by atoms with Crippen molar-refractivity contribution in [2.75, 3.05) is 6.61 Å². The van der Waals surface area contributed by atoms with Crippen LogP contribution in [0, 0.1) is 5.92 Å². The topological polar surface area (TPSA) is 32.3 Å². The Morgan fingerprint density at radius 3 is 2.56 bits per heavy atom. The highest BCUT2D eigenvalue weighted by atomic mass is 79.9. The molecule has 0 aliphatic heterocycles. The Kier molecular flexibility index (Phi) is 6.90.